The zero-order valence-electron chi connectivity index (χ0n) is 20.3. The van der Waals surface area contributed by atoms with Crippen LogP contribution in [0.25, 0.3) is 0 Å². The number of rotatable bonds is 23. The fraction of sp³-hybridized carbons (Fsp3) is 0.840. The second-order valence-corrected chi connectivity index (χ2v) is 8.45. The van der Waals surface area contributed by atoms with Gasteiger partial charge in [-0.05, 0) is 58.0 Å². The molecule has 6 N–H and O–H groups in total. The smallest absolute Gasteiger partial charge is 0.219 e. The number of hydrogen-bond acceptors (Lipinski definition) is 3. The second-order valence-electron chi connectivity index (χ2n) is 8.45. The highest BCUT2D eigenvalue weighted by molar-refractivity contribution is 5.76. The molecule has 6 nitrogen and oxygen atoms in total. The normalized spacial score (nSPS) is 11.1. The average molecular weight is 438 g/mol. The monoisotopic (exact) mass is 437 g/mol. The van der Waals surface area contributed by atoms with Crippen LogP contribution < -0.4 is 22.1 Å². The highest BCUT2D eigenvalue weighted by Crippen LogP contribution is 2.09. The molecule has 0 radical (unpaired) electrons. The Hall–Kier alpha value is -1.56. The molecule has 0 saturated heterocycles. The number of allylic oxidation sites excluding steroid dienone is 2. The van der Waals surface area contributed by atoms with Gasteiger partial charge in [0.05, 0.1) is 0 Å². The maximum atomic E-state index is 11.8. The van der Waals surface area contributed by atoms with Crippen molar-refractivity contribution in [3.8, 4) is 0 Å². The molecule has 0 aliphatic carbocycles. The number of hydrogen-bond donors (Lipinski definition) is 4. The molecule has 0 saturated carbocycles. The molecule has 0 atom stereocenters. The first-order valence-electron chi connectivity index (χ1n) is 12.8. The van der Waals surface area contributed by atoms with Crippen LogP contribution in [0.15, 0.2) is 17.1 Å². The van der Waals surface area contributed by atoms with Crippen molar-refractivity contribution in [2.45, 2.75) is 110 Å². The molecule has 0 spiro atoms. The maximum Gasteiger partial charge on any atom is 0.219 e. The molecule has 182 valence electrons. The van der Waals surface area contributed by atoms with E-state index in [9.17, 15) is 4.79 Å². The number of guanidine groups is 1. The topological polar surface area (TPSA) is 106 Å². The largest absolute Gasteiger partial charge is 0.370 e. The van der Waals surface area contributed by atoms with Crippen LogP contribution in [0.3, 0.4) is 0 Å². The number of nitrogens with zero attached hydrogens (tertiary/aromatic N) is 1. The Labute approximate surface area is 192 Å². The zero-order chi connectivity index (χ0) is 22.8. The molecule has 0 heterocycles. The number of carbonyl (C=O) groups excluding carboxylic acids is 1. The van der Waals surface area contributed by atoms with E-state index in [0.717, 1.165) is 45.3 Å². The molecule has 0 unspecified atom stereocenters. The molecule has 6 heteroatoms. The third-order valence-corrected chi connectivity index (χ3v) is 5.32. The summed E-state index contributed by atoms with van der Waals surface area (Å²) in [5.41, 5.74) is 10.5. The predicted octanol–water partition coefficient (Wildman–Crippen LogP) is 4.78. The molecule has 0 aromatic rings. The van der Waals surface area contributed by atoms with Gasteiger partial charge in [0.1, 0.15) is 0 Å². The van der Waals surface area contributed by atoms with Crippen molar-refractivity contribution >= 4 is 11.9 Å². The van der Waals surface area contributed by atoms with Crippen LogP contribution in [0.2, 0.25) is 0 Å². The average Bonchev–Trinajstić information content (AvgIpc) is 2.75. The van der Waals surface area contributed by atoms with Gasteiger partial charge in [-0.25, -0.2) is 0 Å². The van der Waals surface area contributed by atoms with Crippen LogP contribution >= 0.6 is 0 Å². The third kappa shape index (κ3) is 26.4. The van der Waals surface area contributed by atoms with E-state index >= 15 is 0 Å². The molecule has 0 aromatic heterocycles. The summed E-state index contributed by atoms with van der Waals surface area (Å²) in [7, 11) is 0. The number of nitrogens with two attached hydrogens (primary N) is 2. The third-order valence-electron chi connectivity index (χ3n) is 5.32. The van der Waals surface area contributed by atoms with Gasteiger partial charge in [-0.1, -0.05) is 70.4 Å². The SMILES string of the molecule is CCCCCCCC/C=C\CCCCCCCC(=O)NCCCNCCCN=C(N)N. The molecule has 1 amide bonds. The number of unbranched alkanes of at least 4 members (excludes halogenated alkanes) is 11. The van der Waals surface area contributed by atoms with Gasteiger partial charge in [-0.3, -0.25) is 9.79 Å². The van der Waals surface area contributed by atoms with Crippen LogP contribution in [-0.2, 0) is 4.79 Å². The van der Waals surface area contributed by atoms with E-state index in [-0.39, 0.29) is 11.9 Å². The Kier molecular flexibility index (Phi) is 23.5. The highest BCUT2D eigenvalue weighted by Gasteiger charge is 2.00. The summed E-state index contributed by atoms with van der Waals surface area (Å²) >= 11 is 0. The summed E-state index contributed by atoms with van der Waals surface area (Å²) in [6.07, 6.45) is 23.9. The van der Waals surface area contributed by atoms with E-state index in [1.165, 1.54) is 70.6 Å². The Balaban J connectivity index is 3.24. The molecular formula is C25H51N5O. The minimum Gasteiger partial charge on any atom is -0.370 e. The zero-order valence-corrected chi connectivity index (χ0v) is 20.3. The molecular weight excluding hydrogens is 386 g/mol. The van der Waals surface area contributed by atoms with Gasteiger partial charge >= 0.3 is 0 Å². The maximum absolute atomic E-state index is 11.8. The number of aliphatic imine (C=N–C) groups is 1. The van der Waals surface area contributed by atoms with Gasteiger partial charge < -0.3 is 22.1 Å². The van der Waals surface area contributed by atoms with Gasteiger partial charge in [0.15, 0.2) is 5.96 Å². The fourth-order valence-electron chi connectivity index (χ4n) is 3.42. The minimum atomic E-state index is 0.147. The first-order valence-corrected chi connectivity index (χ1v) is 12.8. The predicted molar refractivity (Wildman–Crippen MR) is 135 cm³/mol. The quantitative estimate of drug-likeness (QED) is 0.0798. The lowest BCUT2D eigenvalue weighted by atomic mass is 10.1. The van der Waals surface area contributed by atoms with Crippen molar-refractivity contribution in [2.24, 2.45) is 16.5 Å². The molecule has 0 bridgehead atoms. The van der Waals surface area contributed by atoms with Gasteiger partial charge in [-0.2, -0.15) is 0 Å². The summed E-state index contributed by atoms with van der Waals surface area (Å²) in [6, 6.07) is 0. The highest BCUT2D eigenvalue weighted by atomic mass is 16.1. The minimum absolute atomic E-state index is 0.147. The van der Waals surface area contributed by atoms with Crippen molar-refractivity contribution in [3.63, 3.8) is 0 Å². The summed E-state index contributed by atoms with van der Waals surface area (Å²) in [5, 5.41) is 6.33. The van der Waals surface area contributed by atoms with E-state index in [1.54, 1.807) is 0 Å². The van der Waals surface area contributed by atoms with Crippen LogP contribution in [0.4, 0.5) is 0 Å². The number of nitrogens with one attached hydrogen (secondary N) is 2. The lowest BCUT2D eigenvalue weighted by Gasteiger charge is -2.06. The molecule has 0 rings (SSSR count). The molecule has 0 aromatic carbocycles. The summed E-state index contributed by atoms with van der Waals surface area (Å²) in [4.78, 5) is 15.8. The Morgan fingerprint density at radius 1 is 0.742 bits per heavy atom. The molecule has 0 fully saturated rings. The van der Waals surface area contributed by atoms with Crippen LogP contribution in [0.1, 0.15) is 110 Å². The van der Waals surface area contributed by atoms with Crippen molar-refractivity contribution < 1.29 is 4.79 Å². The molecule has 31 heavy (non-hydrogen) atoms. The summed E-state index contributed by atoms with van der Waals surface area (Å²) < 4.78 is 0. The Bertz CT molecular complexity index is 447. The van der Waals surface area contributed by atoms with Crippen molar-refractivity contribution in [1.29, 1.82) is 0 Å². The summed E-state index contributed by atoms with van der Waals surface area (Å²) in [5.74, 6) is 0.333. The first kappa shape index (κ1) is 29.4. The Morgan fingerprint density at radius 3 is 1.97 bits per heavy atom. The van der Waals surface area contributed by atoms with Crippen molar-refractivity contribution in [2.75, 3.05) is 26.2 Å². The number of amides is 1. The fourth-order valence-corrected chi connectivity index (χ4v) is 3.42. The van der Waals surface area contributed by atoms with E-state index in [4.69, 9.17) is 11.5 Å². The van der Waals surface area contributed by atoms with Gasteiger partial charge in [0, 0.05) is 19.5 Å². The Morgan fingerprint density at radius 2 is 1.32 bits per heavy atom. The standard InChI is InChI=1S/C25H51N5O/c1-2-3-4-5-6-7-8-9-10-11-12-13-14-15-16-19-24(31)29-22-17-20-28-21-18-23-30-25(26)27/h9-10,28H,2-8,11-23H2,1H3,(H,29,31)(H4,26,27,30)/b10-9-. The van der Waals surface area contributed by atoms with Crippen LogP contribution in [-0.4, -0.2) is 38.0 Å². The first-order chi connectivity index (χ1) is 15.2. The van der Waals surface area contributed by atoms with Gasteiger partial charge in [0.2, 0.25) is 5.91 Å². The lowest BCUT2D eigenvalue weighted by Crippen LogP contribution is -2.27. The lowest BCUT2D eigenvalue weighted by molar-refractivity contribution is -0.121. The van der Waals surface area contributed by atoms with Crippen molar-refractivity contribution in [3.05, 3.63) is 12.2 Å². The van der Waals surface area contributed by atoms with Gasteiger partial charge in [0.25, 0.3) is 0 Å². The molecule has 0 aliphatic rings. The summed E-state index contributed by atoms with van der Waals surface area (Å²) in [6.45, 7) is 5.45. The van der Waals surface area contributed by atoms with E-state index in [2.05, 4.69) is 34.7 Å². The van der Waals surface area contributed by atoms with E-state index in [0.29, 0.717) is 13.0 Å². The van der Waals surface area contributed by atoms with Gasteiger partial charge in [-0.15, -0.1) is 0 Å². The number of carbonyl (C=O) groups is 1. The molecule has 0 aliphatic heterocycles. The van der Waals surface area contributed by atoms with Crippen LogP contribution in [0.5, 0.6) is 0 Å². The second kappa shape index (κ2) is 24.7. The van der Waals surface area contributed by atoms with Crippen LogP contribution in [0, 0.1) is 0 Å². The van der Waals surface area contributed by atoms with E-state index < -0.39 is 0 Å². The van der Waals surface area contributed by atoms with E-state index in [1.807, 2.05) is 0 Å². The van der Waals surface area contributed by atoms with Crippen molar-refractivity contribution in [1.82, 2.24) is 10.6 Å².